The van der Waals surface area contributed by atoms with Gasteiger partial charge in [-0.2, -0.15) is 0 Å². The summed E-state index contributed by atoms with van der Waals surface area (Å²) in [5, 5.41) is 1.16. The summed E-state index contributed by atoms with van der Waals surface area (Å²) in [6.45, 7) is 5.56. The fourth-order valence-corrected chi connectivity index (χ4v) is 3.78. The highest BCUT2D eigenvalue weighted by Gasteiger charge is 2.22. The zero-order valence-electron chi connectivity index (χ0n) is 16.5. The Balaban J connectivity index is 1.42. The SMILES string of the molecule is CCC(=O)N1CCC(Oc2ccc(-c3ccc4cc(C)cnc4c3)cc2)CC1. The lowest BCUT2D eigenvalue weighted by Crippen LogP contribution is -2.41. The fraction of sp³-hybridized carbons (Fsp3) is 0.333. The Kier molecular flexibility index (Phi) is 5.29. The fourth-order valence-electron chi connectivity index (χ4n) is 3.78. The van der Waals surface area contributed by atoms with E-state index in [-0.39, 0.29) is 12.0 Å². The normalized spacial score (nSPS) is 15.0. The first-order chi connectivity index (χ1) is 13.6. The summed E-state index contributed by atoms with van der Waals surface area (Å²) in [5.74, 6) is 1.13. The van der Waals surface area contributed by atoms with Crippen molar-refractivity contribution in [1.29, 1.82) is 0 Å². The summed E-state index contributed by atoms with van der Waals surface area (Å²) in [5.41, 5.74) is 4.49. The van der Waals surface area contributed by atoms with Crippen molar-refractivity contribution in [3.05, 3.63) is 60.3 Å². The topological polar surface area (TPSA) is 42.4 Å². The molecule has 0 N–H and O–H groups in total. The summed E-state index contributed by atoms with van der Waals surface area (Å²) in [7, 11) is 0. The van der Waals surface area contributed by atoms with Gasteiger partial charge in [0.2, 0.25) is 5.91 Å². The second-order valence-electron chi connectivity index (χ2n) is 7.50. The number of pyridine rings is 1. The third-order valence-corrected chi connectivity index (χ3v) is 5.41. The molecule has 3 aromatic rings. The van der Waals surface area contributed by atoms with Gasteiger partial charge in [0.1, 0.15) is 11.9 Å². The molecule has 1 aliphatic heterocycles. The van der Waals surface area contributed by atoms with Crippen molar-refractivity contribution in [2.24, 2.45) is 0 Å². The van der Waals surface area contributed by atoms with E-state index in [0.29, 0.717) is 6.42 Å². The third kappa shape index (κ3) is 4.01. The van der Waals surface area contributed by atoms with E-state index in [0.717, 1.165) is 53.7 Å². The molecule has 4 heteroatoms. The molecule has 0 aliphatic carbocycles. The van der Waals surface area contributed by atoms with Gasteiger partial charge in [0, 0.05) is 43.9 Å². The van der Waals surface area contributed by atoms with E-state index in [4.69, 9.17) is 4.74 Å². The van der Waals surface area contributed by atoms with Crippen LogP contribution in [-0.2, 0) is 4.79 Å². The minimum atomic E-state index is 0.180. The maximum atomic E-state index is 11.8. The highest BCUT2D eigenvalue weighted by molar-refractivity contribution is 5.84. The van der Waals surface area contributed by atoms with Crippen LogP contribution in [0.25, 0.3) is 22.0 Å². The number of benzene rings is 2. The molecule has 1 aromatic heterocycles. The molecule has 4 rings (SSSR count). The lowest BCUT2D eigenvalue weighted by Gasteiger charge is -2.32. The van der Waals surface area contributed by atoms with Crippen LogP contribution in [0.5, 0.6) is 5.75 Å². The van der Waals surface area contributed by atoms with Gasteiger partial charge in [0.25, 0.3) is 0 Å². The minimum Gasteiger partial charge on any atom is -0.490 e. The van der Waals surface area contributed by atoms with Crippen molar-refractivity contribution in [2.75, 3.05) is 13.1 Å². The van der Waals surface area contributed by atoms with E-state index in [9.17, 15) is 4.79 Å². The average Bonchev–Trinajstić information content (AvgIpc) is 2.74. The van der Waals surface area contributed by atoms with Gasteiger partial charge in [0.05, 0.1) is 5.52 Å². The van der Waals surface area contributed by atoms with Crippen molar-refractivity contribution in [3.8, 4) is 16.9 Å². The second kappa shape index (κ2) is 8.01. The maximum absolute atomic E-state index is 11.8. The summed E-state index contributed by atoms with van der Waals surface area (Å²) in [6, 6.07) is 16.8. The molecule has 0 radical (unpaired) electrons. The highest BCUT2D eigenvalue weighted by Crippen LogP contribution is 2.27. The Morgan fingerprint density at radius 3 is 2.50 bits per heavy atom. The number of amides is 1. The Hall–Kier alpha value is -2.88. The van der Waals surface area contributed by atoms with Crippen LogP contribution in [0.3, 0.4) is 0 Å². The van der Waals surface area contributed by atoms with E-state index >= 15 is 0 Å². The molecule has 0 unspecified atom stereocenters. The smallest absolute Gasteiger partial charge is 0.222 e. The Labute approximate surface area is 166 Å². The molecule has 2 heterocycles. The second-order valence-corrected chi connectivity index (χ2v) is 7.50. The molecule has 0 saturated carbocycles. The first-order valence-electron chi connectivity index (χ1n) is 10.0. The van der Waals surface area contributed by atoms with Gasteiger partial charge >= 0.3 is 0 Å². The van der Waals surface area contributed by atoms with Crippen LogP contribution in [0.1, 0.15) is 31.7 Å². The van der Waals surface area contributed by atoms with E-state index < -0.39 is 0 Å². The van der Waals surface area contributed by atoms with Crippen LogP contribution in [0.4, 0.5) is 0 Å². The lowest BCUT2D eigenvalue weighted by atomic mass is 10.0. The number of carbonyl (C=O) groups is 1. The molecule has 144 valence electrons. The first kappa shape index (κ1) is 18.5. The van der Waals surface area contributed by atoms with Gasteiger partial charge in [-0.1, -0.05) is 31.2 Å². The number of nitrogens with zero attached hydrogens (tertiary/aromatic N) is 2. The van der Waals surface area contributed by atoms with Crippen molar-refractivity contribution >= 4 is 16.8 Å². The zero-order chi connectivity index (χ0) is 19.5. The van der Waals surface area contributed by atoms with Crippen LogP contribution in [0.15, 0.2) is 54.7 Å². The summed E-state index contributed by atoms with van der Waals surface area (Å²) in [6.07, 6.45) is 4.45. The zero-order valence-corrected chi connectivity index (χ0v) is 16.5. The standard InChI is InChI=1S/C24H26N2O2/c1-3-24(27)26-12-10-22(11-13-26)28-21-8-6-18(7-9-21)19-4-5-20-14-17(2)16-25-23(20)15-19/h4-9,14-16,22H,3,10-13H2,1-2H3. The van der Waals surface area contributed by atoms with E-state index in [2.05, 4.69) is 48.3 Å². The Morgan fingerprint density at radius 1 is 1.07 bits per heavy atom. The number of carbonyl (C=O) groups excluding carboxylic acids is 1. The lowest BCUT2D eigenvalue weighted by molar-refractivity contribution is -0.132. The number of hydrogen-bond acceptors (Lipinski definition) is 3. The number of likely N-dealkylation sites (tertiary alicyclic amines) is 1. The predicted molar refractivity (Wildman–Crippen MR) is 112 cm³/mol. The van der Waals surface area contributed by atoms with Gasteiger partial charge in [-0.3, -0.25) is 9.78 Å². The summed E-state index contributed by atoms with van der Waals surface area (Å²) in [4.78, 5) is 18.3. The minimum absolute atomic E-state index is 0.180. The van der Waals surface area contributed by atoms with Gasteiger partial charge in [-0.15, -0.1) is 0 Å². The number of ether oxygens (including phenoxy) is 1. The molecular weight excluding hydrogens is 348 g/mol. The molecule has 1 amide bonds. The summed E-state index contributed by atoms with van der Waals surface area (Å²) >= 11 is 0. The molecule has 1 saturated heterocycles. The predicted octanol–water partition coefficient (Wildman–Crippen LogP) is 4.99. The number of piperidine rings is 1. The van der Waals surface area contributed by atoms with Gasteiger partial charge < -0.3 is 9.64 Å². The first-order valence-corrected chi connectivity index (χ1v) is 10.0. The highest BCUT2D eigenvalue weighted by atomic mass is 16.5. The van der Waals surface area contributed by atoms with E-state index in [1.165, 1.54) is 5.56 Å². The Bertz CT molecular complexity index is 974. The molecule has 4 nitrogen and oxygen atoms in total. The van der Waals surface area contributed by atoms with E-state index in [1.54, 1.807) is 0 Å². The molecule has 0 spiro atoms. The van der Waals surface area contributed by atoms with Gasteiger partial charge in [0.15, 0.2) is 0 Å². The number of fused-ring (bicyclic) bond motifs is 1. The largest absolute Gasteiger partial charge is 0.490 e. The number of rotatable bonds is 4. The molecule has 0 atom stereocenters. The summed E-state index contributed by atoms with van der Waals surface area (Å²) < 4.78 is 6.14. The third-order valence-electron chi connectivity index (χ3n) is 5.41. The van der Waals surface area contributed by atoms with Gasteiger partial charge in [-0.05, 0) is 47.9 Å². The molecule has 1 fully saturated rings. The van der Waals surface area contributed by atoms with Crippen LogP contribution in [0, 0.1) is 6.92 Å². The number of aryl methyl sites for hydroxylation is 1. The van der Waals surface area contributed by atoms with Crippen LogP contribution in [-0.4, -0.2) is 35.0 Å². The van der Waals surface area contributed by atoms with Gasteiger partial charge in [-0.25, -0.2) is 0 Å². The van der Waals surface area contributed by atoms with Crippen molar-refractivity contribution in [3.63, 3.8) is 0 Å². The molecule has 2 aromatic carbocycles. The average molecular weight is 374 g/mol. The van der Waals surface area contributed by atoms with Crippen molar-refractivity contribution < 1.29 is 9.53 Å². The number of hydrogen-bond donors (Lipinski definition) is 0. The van der Waals surface area contributed by atoms with E-state index in [1.807, 2.05) is 30.2 Å². The molecule has 1 aliphatic rings. The monoisotopic (exact) mass is 374 g/mol. The number of aromatic nitrogens is 1. The van der Waals surface area contributed by atoms with Crippen LogP contribution >= 0.6 is 0 Å². The van der Waals surface area contributed by atoms with Crippen LogP contribution in [0.2, 0.25) is 0 Å². The molecule has 28 heavy (non-hydrogen) atoms. The van der Waals surface area contributed by atoms with Crippen LogP contribution < -0.4 is 4.74 Å². The maximum Gasteiger partial charge on any atom is 0.222 e. The Morgan fingerprint density at radius 2 is 1.79 bits per heavy atom. The quantitative estimate of drug-likeness (QED) is 0.646. The molecule has 0 bridgehead atoms. The molecular formula is C24H26N2O2. The van der Waals surface area contributed by atoms with Crippen molar-refractivity contribution in [1.82, 2.24) is 9.88 Å². The van der Waals surface area contributed by atoms with Crippen molar-refractivity contribution in [2.45, 2.75) is 39.2 Å².